The van der Waals surface area contributed by atoms with E-state index in [-0.39, 0.29) is 6.10 Å². The van der Waals surface area contributed by atoms with Crippen molar-refractivity contribution in [3.05, 3.63) is 17.5 Å². The van der Waals surface area contributed by atoms with Crippen LogP contribution in [0.2, 0.25) is 0 Å². The second kappa shape index (κ2) is 6.04. The fourth-order valence-corrected chi connectivity index (χ4v) is 2.13. The first kappa shape index (κ1) is 13.2. The average Bonchev–Trinajstić information content (AvgIpc) is 2.73. The molecule has 16 heavy (non-hydrogen) atoms. The molecule has 0 aromatic carbocycles. The minimum atomic E-state index is -0.372. The quantitative estimate of drug-likeness (QED) is 0.806. The number of hydrogen-bond donors (Lipinski definition) is 1. The Kier molecular flexibility index (Phi) is 5.00. The van der Waals surface area contributed by atoms with Crippen molar-refractivity contribution >= 4 is 0 Å². The highest BCUT2D eigenvalue weighted by atomic mass is 16.3. The second-order valence-electron chi connectivity index (χ2n) is 4.25. The van der Waals surface area contributed by atoms with Crippen LogP contribution >= 0.6 is 0 Å². The molecule has 1 aromatic rings. The molecule has 0 aliphatic rings. The van der Waals surface area contributed by atoms with Crippen molar-refractivity contribution in [2.75, 3.05) is 0 Å². The van der Waals surface area contributed by atoms with Crippen LogP contribution in [0.3, 0.4) is 0 Å². The summed E-state index contributed by atoms with van der Waals surface area (Å²) in [5, 5.41) is 14.8. The molecular formula is C13H24N2O. The summed E-state index contributed by atoms with van der Waals surface area (Å²) in [6, 6.07) is 2.05. The van der Waals surface area contributed by atoms with Crippen molar-refractivity contribution in [3.63, 3.8) is 0 Å². The van der Waals surface area contributed by atoms with E-state index in [1.807, 2.05) is 10.7 Å². The monoisotopic (exact) mass is 224 g/mol. The van der Waals surface area contributed by atoms with Gasteiger partial charge in [0.05, 0.1) is 17.5 Å². The van der Waals surface area contributed by atoms with E-state index in [1.165, 1.54) is 0 Å². The Labute approximate surface area is 98.5 Å². The average molecular weight is 224 g/mol. The number of aromatic nitrogens is 2. The van der Waals surface area contributed by atoms with E-state index in [0.29, 0.717) is 5.92 Å². The minimum absolute atomic E-state index is 0.340. The van der Waals surface area contributed by atoms with Crippen LogP contribution in [0.4, 0.5) is 0 Å². The molecule has 1 aromatic heterocycles. The van der Waals surface area contributed by atoms with Crippen molar-refractivity contribution in [3.8, 4) is 0 Å². The summed E-state index contributed by atoms with van der Waals surface area (Å²) in [4.78, 5) is 0. The summed E-state index contributed by atoms with van der Waals surface area (Å²) in [5.74, 6) is 0.340. The van der Waals surface area contributed by atoms with E-state index < -0.39 is 0 Å². The third-order valence-corrected chi connectivity index (χ3v) is 3.32. The number of aryl methyl sites for hydroxylation is 2. The van der Waals surface area contributed by atoms with Crippen molar-refractivity contribution in [1.29, 1.82) is 0 Å². The summed E-state index contributed by atoms with van der Waals surface area (Å²) in [7, 11) is 0. The maximum absolute atomic E-state index is 10.3. The zero-order valence-electron chi connectivity index (χ0n) is 10.9. The number of aliphatic hydroxyl groups excluding tert-OH is 1. The molecule has 0 aliphatic carbocycles. The van der Waals surface area contributed by atoms with Gasteiger partial charge in [0.2, 0.25) is 0 Å². The van der Waals surface area contributed by atoms with Crippen LogP contribution in [-0.4, -0.2) is 14.9 Å². The Morgan fingerprint density at radius 3 is 2.31 bits per heavy atom. The van der Waals surface area contributed by atoms with Crippen LogP contribution in [0.15, 0.2) is 6.07 Å². The first-order valence-electron chi connectivity index (χ1n) is 6.42. The number of hydrogen-bond acceptors (Lipinski definition) is 2. The summed E-state index contributed by atoms with van der Waals surface area (Å²) in [5.41, 5.74) is 2.05. The van der Waals surface area contributed by atoms with Crippen molar-refractivity contribution in [1.82, 2.24) is 9.78 Å². The van der Waals surface area contributed by atoms with Crippen LogP contribution in [0.1, 0.15) is 58.0 Å². The normalized spacial score (nSPS) is 13.4. The Hall–Kier alpha value is -0.830. The molecule has 0 radical (unpaired) electrons. The van der Waals surface area contributed by atoms with Gasteiger partial charge in [0, 0.05) is 6.54 Å². The number of aliphatic hydroxyl groups is 1. The van der Waals surface area contributed by atoms with Crippen molar-refractivity contribution in [2.45, 2.75) is 59.6 Å². The highest BCUT2D eigenvalue weighted by Crippen LogP contribution is 2.27. The molecule has 3 heteroatoms. The molecule has 1 unspecified atom stereocenters. The Morgan fingerprint density at radius 2 is 1.88 bits per heavy atom. The van der Waals surface area contributed by atoms with Crippen molar-refractivity contribution < 1.29 is 5.11 Å². The van der Waals surface area contributed by atoms with E-state index in [0.717, 1.165) is 37.2 Å². The van der Waals surface area contributed by atoms with Crippen LogP contribution < -0.4 is 0 Å². The van der Waals surface area contributed by atoms with Crippen LogP contribution in [0.5, 0.6) is 0 Å². The third kappa shape index (κ3) is 2.64. The zero-order chi connectivity index (χ0) is 12.1. The minimum Gasteiger partial charge on any atom is -0.387 e. The first-order chi connectivity index (χ1) is 7.67. The highest BCUT2D eigenvalue weighted by Gasteiger charge is 2.21. The molecule has 0 amide bonds. The Bertz CT molecular complexity index is 316. The molecule has 92 valence electrons. The SMILES string of the molecule is CCc1cc(C(O)C(CC)CC)n(CC)n1. The summed E-state index contributed by atoms with van der Waals surface area (Å²) in [6.07, 6.45) is 2.57. The van der Waals surface area contributed by atoms with Gasteiger partial charge in [-0.25, -0.2) is 0 Å². The van der Waals surface area contributed by atoms with Gasteiger partial charge in [-0.05, 0) is 25.3 Å². The fraction of sp³-hybridized carbons (Fsp3) is 0.769. The van der Waals surface area contributed by atoms with Gasteiger partial charge in [-0.15, -0.1) is 0 Å². The molecule has 0 aliphatic heterocycles. The van der Waals surface area contributed by atoms with Gasteiger partial charge in [0.25, 0.3) is 0 Å². The molecule has 1 N–H and O–H groups in total. The summed E-state index contributed by atoms with van der Waals surface area (Å²) < 4.78 is 1.93. The predicted molar refractivity (Wildman–Crippen MR) is 66.3 cm³/mol. The smallest absolute Gasteiger partial charge is 0.0984 e. The van der Waals surface area contributed by atoms with E-state index in [4.69, 9.17) is 0 Å². The van der Waals surface area contributed by atoms with Gasteiger partial charge in [-0.1, -0.05) is 33.6 Å². The molecule has 1 atom stereocenters. The van der Waals surface area contributed by atoms with Gasteiger partial charge in [-0.2, -0.15) is 5.10 Å². The Morgan fingerprint density at radius 1 is 1.25 bits per heavy atom. The van der Waals surface area contributed by atoms with Crippen molar-refractivity contribution in [2.24, 2.45) is 5.92 Å². The standard InChI is InChI=1S/C13H24N2O/c1-5-10(6-2)13(16)12-9-11(7-3)14-15(12)8-4/h9-10,13,16H,5-8H2,1-4H3. The van der Waals surface area contributed by atoms with Crippen LogP contribution in [0.25, 0.3) is 0 Å². The molecule has 1 rings (SSSR count). The number of rotatable bonds is 6. The lowest BCUT2D eigenvalue weighted by Crippen LogP contribution is -2.15. The molecule has 0 fully saturated rings. The Balaban J connectivity index is 2.96. The maximum Gasteiger partial charge on any atom is 0.0984 e. The lowest BCUT2D eigenvalue weighted by atomic mass is 9.94. The largest absolute Gasteiger partial charge is 0.387 e. The van der Waals surface area contributed by atoms with Gasteiger partial charge >= 0.3 is 0 Å². The van der Waals surface area contributed by atoms with Crippen LogP contribution in [-0.2, 0) is 13.0 Å². The van der Waals surface area contributed by atoms with Gasteiger partial charge in [0.1, 0.15) is 0 Å². The lowest BCUT2D eigenvalue weighted by Gasteiger charge is -2.20. The molecule has 0 saturated heterocycles. The second-order valence-corrected chi connectivity index (χ2v) is 4.25. The first-order valence-corrected chi connectivity index (χ1v) is 6.42. The number of nitrogens with zero attached hydrogens (tertiary/aromatic N) is 2. The van der Waals surface area contributed by atoms with Gasteiger partial charge < -0.3 is 5.11 Å². The molecule has 0 saturated carbocycles. The fourth-order valence-electron chi connectivity index (χ4n) is 2.13. The molecule has 0 spiro atoms. The van der Waals surface area contributed by atoms with E-state index >= 15 is 0 Å². The van der Waals surface area contributed by atoms with E-state index in [9.17, 15) is 5.11 Å². The predicted octanol–water partition coefficient (Wildman–Crippen LogP) is 2.94. The van der Waals surface area contributed by atoms with E-state index in [2.05, 4.69) is 32.8 Å². The summed E-state index contributed by atoms with van der Waals surface area (Å²) in [6.45, 7) is 9.24. The maximum atomic E-state index is 10.3. The molecule has 3 nitrogen and oxygen atoms in total. The van der Waals surface area contributed by atoms with E-state index in [1.54, 1.807) is 0 Å². The molecular weight excluding hydrogens is 200 g/mol. The van der Waals surface area contributed by atoms with Gasteiger partial charge in [-0.3, -0.25) is 4.68 Å². The third-order valence-electron chi connectivity index (χ3n) is 3.32. The molecule has 0 bridgehead atoms. The van der Waals surface area contributed by atoms with Gasteiger partial charge in [0.15, 0.2) is 0 Å². The zero-order valence-corrected chi connectivity index (χ0v) is 10.9. The molecule has 1 heterocycles. The summed E-state index contributed by atoms with van der Waals surface area (Å²) >= 11 is 0. The topological polar surface area (TPSA) is 38.0 Å². The highest BCUT2D eigenvalue weighted by molar-refractivity contribution is 5.13. The van der Waals surface area contributed by atoms with Crippen LogP contribution in [0, 0.1) is 5.92 Å². The lowest BCUT2D eigenvalue weighted by molar-refractivity contribution is 0.0943.